The Morgan fingerprint density at radius 1 is 1.15 bits per heavy atom. The van der Waals surface area contributed by atoms with Gasteiger partial charge in [0.05, 0.1) is 12.3 Å². The van der Waals surface area contributed by atoms with E-state index in [1.807, 2.05) is 73.8 Å². The summed E-state index contributed by atoms with van der Waals surface area (Å²) >= 11 is 2.82. The number of hydrogen-bond donors (Lipinski definition) is 1. The lowest BCUT2D eigenvalue weighted by Crippen LogP contribution is -2.24. The van der Waals surface area contributed by atoms with Crippen molar-refractivity contribution in [3.63, 3.8) is 0 Å². The van der Waals surface area contributed by atoms with Gasteiger partial charge < -0.3 is 9.73 Å². The highest BCUT2D eigenvalue weighted by molar-refractivity contribution is 7.99. The van der Waals surface area contributed by atoms with Crippen LogP contribution in [0.2, 0.25) is 0 Å². The third-order valence-electron chi connectivity index (χ3n) is 5.34. The average Bonchev–Trinajstić information content (AvgIpc) is 3.45. The minimum atomic E-state index is -0.248. The van der Waals surface area contributed by atoms with Crippen molar-refractivity contribution in [1.29, 1.82) is 0 Å². The first-order valence-corrected chi connectivity index (χ1v) is 12.3. The number of rotatable bonds is 6. The predicted octanol–water partition coefficient (Wildman–Crippen LogP) is 5.60. The standard InChI is InChI=1S/C25H21N3O3S2/c1-15-9-10-16(2)19(12-15)26-21(29)14-33-25-27-22-18-7-3-4-8-20(18)31-23(22)24(30)28(25)13-17-6-5-11-32-17/h3-12H,13-14H2,1-2H3,(H,26,29). The van der Waals surface area contributed by atoms with Crippen LogP contribution >= 0.6 is 23.1 Å². The third kappa shape index (κ3) is 4.31. The molecule has 0 aliphatic rings. The van der Waals surface area contributed by atoms with Crippen LogP contribution in [0.5, 0.6) is 0 Å². The quantitative estimate of drug-likeness (QED) is 0.255. The molecule has 1 N–H and O–H groups in total. The molecule has 5 rings (SSSR count). The van der Waals surface area contributed by atoms with E-state index in [0.717, 1.165) is 27.1 Å². The van der Waals surface area contributed by atoms with Gasteiger partial charge in [-0.05, 0) is 54.6 Å². The monoisotopic (exact) mass is 475 g/mol. The maximum atomic E-state index is 13.4. The van der Waals surface area contributed by atoms with Crippen molar-refractivity contribution in [2.75, 3.05) is 11.1 Å². The second kappa shape index (κ2) is 8.88. The number of hydrogen-bond acceptors (Lipinski definition) is 6. The summed E-state index contributed by atoms with van der Waals surface area (Å²) < 4.78 is 7.44. The molecule has 0 atom stereocenters. The van der Waals surface area contributed by atoms with E-state index >= 15 is 0 Å². The number of thioether (sulfide) groups is 1. The van der Waals surface area contributed by atoms with Crippen LogP contribution < -0.4 is 10.9 Å². The third-order valence-corrected chi connectivity index (χ3v) is 7.18. The molecule has 6 nitrogen and oxygen atoms in total. The van der Waals surface area contributed by atoms with Crippen LogP contribution in [0.4, 0.5) is 5.69 Å². The van der Waals surface area contributed by atoms with Gasteiger partial charge in [-0.25, -0.2) is 4.98 Å². The van der Waals surface area contributed by atoms with Crippen LogP contribution in [0.15, 0.2) is 74.3 Å². The Morgan fingerprint density at radius 2 is 2.00 bits per heavy atom. The molecule has 8 heteroatoms. The Labute approximate surface area is 198 Å². The van der Waals surface area contributed by atoms with Crippen molar-refractivity contribution in [3.8, 4) is 0 Å². The molecule has 2 aromatic carbocycles. The van der Waals surface area contributed by atoms with E-state index in [1.165, 1.54) is 11.8 Å². The average molecular weight is 476 g/mol. The van der Waals surface area contributed by atoms with E-state index in [-0.39, 0.29) is 22.8 Å². The maximum Gasteiger partial charge on any atom is 0.298 e. The zero-order valence-corrected chi connectivity index (χ0v) is 19.8. The Morgan fingerprint density at radius 3 is 2.82 bits per heavy atom. The highest BCUT2D eigenvalue weighted by atomic mass is 32.2. The highest BCUT2D eigenvalue weighted by Crippen LogP contribution is 2.28. The number of fused-ring (bicyclic) bond motifs is 3. The second-order valence-corrected chi connectivity index (χ2v) is 9.77. The molecule has 3 aromatic heterocycles. The molecule has 0 radical (unpaired) electrons. The van der Waals surface area contributed by atoms with Crippen LogP contribution in [0.1, 0.15) is 16.0 Å². The summed E-state index contributed by atoms with van der Waals surface area (Å²) in [5, 5.41) is 6.22. The van der Waals surface area contributed by atoms with Crippen molar-refractivity contribution in [2.24, 2.45) is 0 Å². The molecular weight excluding hydrogens is 454 g/mol. The van der Waals surface area contributed by atoms with Gasteiger partial charge in [-0.1, -0.05) is 42.1 Å². The number of benzene rings is 2. The van der Waals surface area contributed by atoms with Gasteiger partial charge in [0.2, 0.25) is 11.5 Å². The normalized spacial score (nSPS) is 11.3. The molecule has 0 bridgehead atoms. The lowest BCUT2D eigenvalue weighted by molar-refractivity contribution is -0.113. The smallest absolute Gasteiger partial charge is 0.298 e. The summed E-state index contributed by atoms with van der Waals surface area (Å²) in [5.41, 5.74) is 4.00. The van der Waals surface area contributed by atoms with Crippen molar-refractivity contribution in [1.82, 2.24) is 9.55 Å². The molecule has 3 heterocycles. The summed E-state index contributed by atoms with van der Waals surface area (Å²) in [5.74, 6) is -0.0197. The number of nitrogens with one attached hydrogen (secondary N) is 1. The first-order chi connectivity index (χ1) is 16.0. The summed E-state index contributed by atoms with van der Waals surface area (Å²) in [7, 11) is 0. The number of aromatic nitrogens is 2. The molecular formula is C25H21N3O3S2. The van der Waals surface area contributed by atoms with Crippen LogP contribution in [0.25, 0.3) is 22.1 Å². The van der Waals surface area contributed by atoms with E-state index < -0.39 is 0 Å². The molecule has 0 saturated heterocycles. The van der Waals surface area contributed by atoms with Crippen molar-refractivity contribution < 1.29 is 9.21 Å². The Kier molecular flexibility index (Phi) is 5.78. The fourth-order valence-electron chi connectivity index (χ4n) is 3.65. The molecule has 0 spiro atoms. The summed E-state index contributed by atoms with van der Waals surface area (Å²) in [6.45, 7) is 4.32. The van der Waals surface area contributed by atoms with Crippen molar-refractivity contribution in [2.45, 2.75) is 25.5 Å². The number of carbonyl (C=O) groups excluding carboxylic acids is 1. The van der Waals surface area contributed by atoms with Gasteiger partial charge in [0, 0.05) is 16.0 Å². The van der Waals surface area contributed by atoms with Crippen LogP contribution in [-0.2, 0) is 11.3 Å². The van der Waals surface area contributed by atoms with Crippen molar-refractivity contribution >= 4 is 56.8 Å². The maximum absolute atomic E-state index is 13.4. The lowest BCUT2D eigenvalue weighted by atomic mass is 10.1. The van der Waals surface area contributed by atoms with Gasteiger partial charge >= 0.3 is 0 Å². The fraction of sp³-hybridized carbons (Fsp3) is 0.160. The van der Waals surface area contributed by atoms with Crippen LogP contribution in [-0.4, -0.2) is 21.2 Å². The molecule has 33 heavy (non-hydrogen) atoms. The molecule has 0 fully saturated rings. The summed E-state index contributed by atoms with van der Waals surface area (Å²) in [6, 6.07) is 17.3. The van der Waals surface area contributed by atoms with Crippen molar-refractivity contribution in [3.05, 3.63) is 86.3 Å². The molecule has 5 aromatic rings. The predicted molar refractivity (Wildman–Crippen MR) is 134 cm³/mol. The molecule has 0 unspecified atom stereocenters. The van der Waals surface area contributed by atoms with Crippen LogP contribution in [0, 0.1) is 13.8 Å². The number of furan rings is 1. The molecule has 0 saturated carbocycles. The van der Waals surface area contributed by atoms with Gasteiger partial charge in [0.1, 0.15) is 11.1 Å². The summed E-state index contributed by atoms with van der Waals surface area (Å²) in [4.78, 5) is 31.9. The topological polar surface area (TPSA) is 77.1 Å². The molecule has 1 amide bonds. The Bertz CT molecular complexity index is 1530. The minimum Gasteiger partial charge on any atom is -0.448 e. The first kappa shape index (κ1) is 21.5. The lowest BCUT2D eigenvalue weighted by Gasteiger charge is -2.12. The number of aryl methyl sites for hydroxylation is 2. The molecule has 166 valence electrons. The van der Waals surface area contributed by atoms with E-state index in [4.69, 9.17) is 9.40 Å². The number of anilines is 1. The Balaban J connectivity index is 1.50. The molecule has 0 aliphatic heterocycles. The van der Waals surface area contributed by atoms with E-state index in [2.05, 4.69) is 5.32 Å². The first-order valence-electron chi connectivity index (χ1n) is 10.4. The van der Waals surface area contributed by atoms with E-state index in [0.29, 0.717) is 22.8 Å². The van der Waals surface area contributed by atoms with E-state index in [1.54, 1.807) is 15.9 Å². The Hall–Kier alpha value is -3.36. The fourth-order valence-corrected chi connectivity index (χ4v) is 5.13. The van der Waals surface area contributed by atoms with Gasteiger partial charge in [-0.3, -0.25) is 14.2 Å². The number of thiophene rings is 1. The molecule has 0 aliphatic carbocycles. The van der Waals surface area contributed by atoms with Gasteiger partial charge in [0.15, 0.2) is 5.16 Å². The minimum absolute atomic E-state index is 0.131. The number of carbonyl (C=O) groups is 1. The van der Waals surface area contributed by atoms with Gasteiger partial charge in [-0.2, -0.15) is 0 Å². The second-order valence-electron chi connectivity index (χ2n) is 7.80. The number of nitrogens with zero attached hydrogens (tertiary/aromatic N) is 2. The number of amides is 1. The summed E-state index contributed by atoms with van der Waals surface area (Å²) in [6.07, 6.45) is 0. The highest BCUT2D eigenvalue weighted by Gasteiger charge is 2.19. The number of para-hydroxylation sites is 1. The van der Waals surface area contributed by atoms with Crippen LogP contribution in [0.3, 0.4) is 0 Å². The SMILES string of the molecule is Cc1ccc(C)c(NC(=O)CSc2nc3c(oc4ccccc43)c(=O)n2Cc2cccs2)c1. The zero-order valence-electron chi connectivity index (χ0n) is 18.1. The van der Waals surface area contributed by atoms with Gasteiger partial charge in [-0.15, -0.1) is 11.3 Å². The van der Waals surface area contributed by atoms with E-state index in [9.17, 15) is 9.59 Å². The largest absolute Gasteiger partial charge is 0.448 e. The zero-order chi connectivity index (χ0) is 22.9. The van der Waals surface area contributed by atoms with Gasteiger partial charge in [0.25, 0.3) is 5.56 Å².